The van der Waals surface area contributed by atoms with E-state index in [4.69, 9.17) is 9.52 Å². The second-order valence-electron chi connectivity index (χ2n) is 2.97. The summed E-state index contributed by atoms with van der Waals surface area (Å²) in [5.74, 6) is -0.362. The largest absolute Gasteiger partial charge is 0.478 e. The van der Waals surface area contributed by atoms with Crippen molar-refractivity contribution >= 4 is 23.0 Å². The van der Waals surface area contributed by atoms with Crippen LogP contribution in [-0.2, 0) is 6.54 Å². The average Bonchev–Trinajstić information content (AvgIpc) is 2.86. The third-order valence-corrected chi connectivity index (χ3v) is 2.57. The van der Waals surface area contributed by atoms with E-state index in [1.165, 1.54) is 12.3 Å². The third-order valence-electron chi connectivity index (χ3n) is 1.89. The Morgan fingerprint density at radius 2 is 2.47 bits per heavy atom. The fraction of sp³-hybridized carbons (Fsp3) is 0.100. The van der Waals surface area contributed by atoms with Crippen LogP contribution in [0.5, 0.6) is 0 Å². The number of hydrogen-bond acceptors (Lipinski definition) is 4. The molecule has 4 nitrogen and oxygen atoms in total. The van der Waals surface area contributed by atoms with Crippen LogP contribution >= 0.6 is 11.3 Å². The van der Waals surface area contributed by atoms with Gasteiger partial charge >= 0.3 is 5.97 Å². The molecule has 0 atom stereocenters. The van der Waals surface area contributed by atoms with Crippen LogP contribution in [0.2, 0.25) is 0 Å². The highest BCUT2D eigenvalue weighted by Crippen LogP contribution is 2.14. The van der Waals surface area contributed by atoms with Crippen LogP contribution in [0, 0.1) is 0 Å². The second-order valence-corrected chi connectivity index (χ2v) is 3.75. The van der Waals surface area contributed by atoms with Crippen LogP contribution in [0.1, 0.15) is 16.1 Å². The molecule has 2 aromatic rings. The van der Waals surface area contributed by atoms with Crippen molar-refractivity contribution in [3.05, 3.63) is 40.5 Å². The zero-order chi connectivity index (χ0) is 10.7. The number of nitrogens with one attached hydrogen (secondary N) is 1. The zero-order valence-electron chi connectivity index (χ0n) is 7.77. The molecule has 0 amide bonds. The lowest BCUT2D eigenvalue weighted by Gasteiger charge is -1.99. The molecule has 0 aliphatic rings. The predicted molar refractivity (Wildman–Crippen MR) is 57.3 cm³/mol. The molecular formula is C10H9NO3S. The molecule has 0 saturated heterocycles. The lowest BCUT2D eigenvalue weighted by Crippen LogP contribution is -1.97. The third kappa shape index (κ3) is 2.38. The molecule has 78 valence electrons. The number of aromatic carboxylic acids is 1. The van der Waals surface area contributed by atoms with E-state index in [9.17, 15) is 4.79 Å². The Morgan fingerprint density at radius 3 is 3.07 bits per heavy atom. The van der Waals surface area contributed by atoms with Crippen molar-refractivity contribution in [2.45, 2.75) is 6.54 Å². The van der Waals surface area contributed by atoms with Crippen LogP contribution in [0.25, 0.3) is 0 Å². The van der Waals surface area contributed by atoms with E-state index in [1.807, 2.05) is 16.8 Å². The van der Waals surface area contributed by atoms with Gasteiger partial charge in [0.25, 0.3) is 0 Å². The van der Waals surface area contributed by atoms with E-state index in [-0.39, 0.29) is 5.56 Å². The minimum atomic E-state index is -0.972. The molecule has 0 fully saturated rings. The monoisotopic (exact) mass is 223 g/mol. The van der Waals surface area contributed by atoms with Crippen molar-refractivity contribution in [1.82, 2.24) is 0 Å². The first-order chi connectivity index (χ1) is 7.25. The van der Waals surface area contributed by atoms with Gasteiger partial charge in [-0.25, -0.2) is 4.79 Å². The fourth-order valence-corrected chi connectivity index (χ4v) is 1.75. The minimum Gasteiger partial charge on any atom is -0.478 e. The summed E-state index contributed by atoms with van der Waals surface area (Å²) in [7, 11) is 0. The molecule has 0 unspecified atom stereocenters. The first-order valence-electron chi connectivity index (χ1n) is 4.32. The number of furan rings is 1. The number of carboxylic acids is 1. The van der Waals surface area contributed by atoms with E-state index < -0.39 is 5.97 Å². The molecule has 0 bridgehead atoms. The Bertz CT molecular complexity index is 447. The molecule has 0 aromatic carbocycles. The van der Waals surface area contributed by atoms with E-state index in [0.717, 1.165) is 5.69 Å². The molecule has 2 rings (SSSR count). The highest BCUT2D eigenvalue weighted by molar-refractivity contribution is 7.08. The standard InChI is InChI=1S/C10H9NO3S/c12-10(13)7-3-9(14-5-7)4-11-8-1-2-15-6-8/h1-3,5-6,11H,4H2,(H,12,13). The van der Waals surface area contributed by atoms with Crippen molar-refractivity contribution in [2.75, 3.05) is 5.32 Å². The molecule has 2 aromatic heterocycles. The van der Waals surface area contributed by atoms with Gasteiger partial charge in [-0.05, 0) is 17.5 Å². The fourth-order valence-electron chi connectivity index (χ4n) is 1.14. The molecule has 0 spiro atoms. The smallest absolute Gasteiger partial charge is 0.338 e. The van der Waals surface area contributed by atoms with Crippen molar-refractivity contribution in [1.29, 1.82) is 0 Å². The summed E-state index contributed by atoms with van der Waals surface area (Å²) in [6.07, 6.45) is 1.24. The number of rotatable bonds is 4. The van der Waals surface area contributed by atoms with E-state index in [0.29, 0.717) is 12.3 Å². The van der Waals surface area contributed by atoms with Gasteiger partial charge in [-0.1, -0.05) is 0 Å². The van der Waals surface area contributed by atoms with Crippen molar-refractivity contribution in [3.63, 3.8) is 0 Å². The summed E-state index contributed by atoms with van der Waals surface area (Å²) >= 11 is 1.60. The van der Waals surface area contributed by atoms with Crippen molar-refractivity contribution in [2.24, 2.45) is 0 Å². The lowest BCUT2D eigenvalue weighted by molar-refractivity contribution is 0.0696. The highest BCUT2D eigenvalue weighted by Gasteiger charge is 2.07. The molecular weight excluding hydrogens is 214 g/mol. The first kappa shape index (κ1) is 9.79. The summed E-state index contributed by atoms with van der Waals surface area (Å²) in [5.41, 5.74) is 1.19. The van der Waals surface area contributed by atoms with Crippen LogP contribution in [-0.4, -0.2) is 11.1 Å². The molecule has 0 aliphatic heterocycles. The predicted octanol–water partition coefficient (Wildman–Crippen LogP) is 2.65. The van der Waals surface area contributed by atoms with Gasteiger partial charge in [-0.3, -0.25) is 0 Å². The summed E-state index contributed by atoms with van der Waals surface area (Å²) in [4.78, 5) is 10.6. The highest BCUT2D eigenvalue weighted by atomic mass is 32.1. The second kappa shape index (κ2) is 4.18. The van der Waals surface area contributed by atoms with Crippen LogP contribution < -0.4 is 5.32 Å². The minimum absolute atomic E-state index is 0.178. The van der Waals surface area contributed by atoms with Crippen molar-refractivity contribution in [3.8, 4) is 0 Å². The topological polar surface area (TPSA) is 62.5 Å². The van der Waals surface area contributed by atoms with Gasteiger partial charge in [-0.2, -0.15) is 11.3 Å². The number of anilines is 1. The maximum atomic E-state index is 10.6. The number of hydrogen-bond donors (Lipinski definition) is 2. The van der Waals surface area contributed by atoms with Gasteiger partial charge in [0, 0.05) is 11.1 Å². The van der Waals surface area contributed by atoms with E-state index in [2.05, 4.69) is 5.32 Å². The first-order valence-corrected chi connectivity index (χ1v) is 5.27. The normalized spacial score (nSPS) is 10.1. The summed E-state index contributed by atoms with van der Waals surface area (Å²) in [6.45, 7) is 0.490. The summed E-state index contributed by atoms with van der Waals surface area (Å²) in [6, 6.07) is 3.47. The Morgan fingerprint density at radius 1 is 1.60 bits per heavy atom. The molecule has 0 saturated carbocycles. The Labute approximate surface area is 90.2 Å². The Balaban J connectivity index is 1.96. The van der Waals surface area contributed by atoms with Gasteiger partial charge < -0.3 is 14.8 Å². The molecule has 2 N–H and O–H groups in total. The SMILES string of the molecule is O=C(O)c1coc(CNc2ccsc2)c1. The Hall–Kier alpha value is -1.75. The molecule has 2 heterocycles. The summed E-state index contributed by atoms with van der Waals surface area (Å²) < 4.78 is 5.08. The molecule has 5 heteroatoms. The molecule has 0 radical (unpaired) electrons. The molecule has 0 aliphatic carbocycles. The van der Waals surface area contributed by atoms with Crippen LogP contribution in [0.15, 0.2) is 33.6 Å². The maximum absolute atomic E-state index is 10.6. The van der Waals surface area contributed by atoms with Crippen LogP contribution in [0.3, 0.4) is 0 Å². The maximum Gasteiger partial charge on any atom is 0.338 e. The number of carboxylic acid groups (broad SMARTS) is 1. The van der Waals surface area contributed by atoms with Gasteiger partial charge in [0.1, 0.15) is 12.0 Å². The zero-order valence-corrected chi connectivity index (χ0v) is 8.58. The van der Waals surface area contributed by atoms with Gasteiger partial charge in [0.05, 0.1) is 12.1 Å². The van der Waals surface area contributed by atoms with Crippen LogP contribution in [0.4, 0.5) is 5.69 Å². The molecule has 15 heavy (non-hydrogen) atoms. The van der Waals surface area contributed by atoms with Gasteiger partial charge in [0.2, 0.25) is 0 Å². The number of thiophene rings is 1. The van der Waals surface area contributed by atoms with E-state index in [1.54, 1.807) is 11.3 Å². The number of carbonyl (C=O) groups is 1. The van der Waals surface area contributed by atoms with Gasteiger partial charge in [0.15, 0.2) is 0 Å². The quantitative estimate of drug-likeness (QED) is 0.836. The Kier molecular flexibility index (Phi) is 2.73. The lowest BCUT2D eigenvalue weighted by atomic mass is 10.3. The van der Waals surface area contributed by atoms with Crippen molar-refractivity contribution < 1.29 is 14.3 Å². The average molecular weight is 223 g/mol. The van der Waals surface area contributed by atoms with E-state index >= 15 is 0 Å². The van der Waals surface area contributed by atoms with Gasteiger partial charge in [-0.15, -0.1) is 0 Å². The summed E-state index contributed by atoms with van der Waals surface area (Å²) in [5, 5.41) is 15.7.